The molecule has 2 rings (SSSR count). The molecule has 0 atom stereocenters. The first-order valence-corrected chi connectivity index (χ1v) is 5.64. The molecule has 1 aromatic carbocycles. The van der Waals surface area contributed by atoms with Crippen molar-refractivity contribution in [3.05, 3.63) is 23.8 Å². The Labute approximate surface area is 109 Å². The second kappa shape index (κ2) is 5.80. The fourth-order valence-electron chi connectivity index (χ4n) is 1.60. The van der Waals surface area contributed by atoms with E-state index in [1.54, 1.807) is 19.2 Å². The third-order valence-electron chi connectivity index (χ3n) is 2.53. The molecule has 2 aromatic rings. The number of tetrazole rings is 1. The van der Waals surface area contributed by atoms with Crippen LogP contribution in [-0.4, -0.2) is 33.6 Å². The van der Waals surface area contributed by atoms with E-state index in [0.29, 0.717) is 24.3 Å². The average molecular weight is 262 g/mol. The van der Waals surface area contributed by atoms with E-state index in [-0.39, 0.29) is 11.9 Å². The first-order chi connectivity index (χ1) is 9.19. The molecule has 0 bridgehead atoms. The van der Waals surface area contributed by atoms with Gasteiger partial charge in [-0.3, -0.25) is 10.1 Å². The minimum Gasteiger partial charge on any atom is -0.495 e. The molecule has 1 heterocycles. The third-order valence-corrected chi connectivity index (χ3v) is 2.53. The number of nitrogens with one attached hydrogen (secondary N) is 2. The predicted octanol–water partition coefficient (Wildman–Crippen LogP) is 0.362. The van der Waals surface area contributed by atoms with E-state index in [4.69, 9.17) is 10.5 Å². The summed E-state index contributed by atoms with van der Waals surface area (Å²) < 4.78 is 5.06. The molecule has 4 N–H and O–H groups in total. The maximum Gasteiger partial charge on any atom is 0.269 e. The number of methoxy groups -OCH3 is 1. The van der Waals surface area contributed by atoms with Crippen molar-refractivity contribution in [2.24, 2.45) is 0 Å². The third kappa shape index (κ3) is 3.41. The molecule has 0 aliphatic heterocycles. The van der Waals surface area contributed by atoms with Crippen LogP contribution in [0, 0.1) is 0 Å². The van der Waals surface area contributed by atoms with Crippen LogP contribution in [0.2, 0.25) is 0 Å². The number of amides is 1. The van der Waals surface area contributed by atoms with E-state index in [1.807, 2.05) is 6.07 Å². The van der Waals surface area contributed by atoms with Crippen LogP contribution in [0.15, 0.2) is 18.2 Å². The lowest BCUT2D eigenvalue weighted by Gasteiger charge is -2.06. The zero-order valence-corrected chi connectivity index (χ0v) is 10.4. The number of aromatic nitrogens is 4. The van der Waals surface area contributed by atoms with E-state index in [9.17, 15) is 4.79 Å². The van der Waals surface area contributed by atoms with Gasteiger partial charge in [-0.05, 0) is 29.3 Å². The van der Waals surface area contributed by atoms with Gasteiger partial charge in [0, 0.05) is 6.42 Å². The number of benzene rings is 1. The smallest absolute Gasteiger partial charge is 0.269 e. The number of rotatable bonds is 5. The first-order valence-electron chi connectivity index (χ1n) is 5.64. The minimum atomic E-state index is -0.184. The van der Waals surface area contributed by atoms with Gasteiger partial charge < -0.3 is 10.5 Å². The molecule has 0 saturated heterocycles. The molecule has 0 aliphatic carbocycles. The summed E-state index contributed by atoms with van der Waals surface area (Å²) in [5.74, 6) is 0.607. The lowest BCUT2D eigenvalue weighted by atomic mass is 10.1. The van der Waals surface area contributed by atoms with Gasteiger partial charge in [-0.1, -0.05) is 11.2 Å². The number of nitrogens with two attached hydrogens (primary N) is 1. The Balaban J connectivity index is 1.88. The van der Waals surface area contributed by atoms with Gasteiger partial charge >= 0.3 is 0 Å². The van der Waals surface area contributed by atoms with Crippen LogP contribution in [0.3, 0.4) is 0 Å². The highest BCUT2D eigenvalue weighted by atomic mass is 16.5. The maximum atomic E-state index is 11.6. The van der Waals surface area contributed by atoms with Gasteiger partial charge in [0.15, 0.2) is 0 Å². The van der Waals surface area contributed by atoms with Crippen molar-refractivity contribution in [3.8, 4) is 5.75 Å². The maximum absolute atomic E-state index is 11.6. The number of ether oxygens (including phenoxy) is 1. The summed E-state index contributed by atoms with van der Waals surface area (Å²) in [6.07, 6.45) is 0.873. The number of H-pyrrole nitrogens is 1. The molecule has 0 saturated carbocycles. The SMILES string of the molecule is COc1ccc(CCC(=O)Nc2nn[nH]n2)cc1N. The first kappa shape index (κ1) is 12.8. The fourth-order valence-corrected chi connectivity index (χ4v) is 1.60. The Morgan fingerprint density at radius 2 is 2.37 bits per heavy atom. The summed E-state index contributed by atoms with van der Waals surface area (Å²) in [6.45, 7) is 0. The molecule has 0 spiro atoms. The number of carbonyl (C=O) groups is 1. The van der Waals surface area contributed by atoms with E-state index in [1.165, 1.54) is 0 Å². The molecule has 0 fully saturated rings. The van der Waals surface area contributed by atoms with Crippen LogP contribution in [0.4, 0.5) is 11.6 Å². The van der Waals surface area contributed by atoms with Crippen molar-refractivity contribution >= 4 is 17.5 Å². The van der Waals surface area contributed by atoms with Crippen molar-refractivity contribution in [2.75, 3.05) is 18.2 Å². The molecule has 8 nitrogen and oxygen atoms in total. The predicted molar refractivity (Wildman–Crippen MR) is 68.5 cm³/mol. The van der Waals surface area contributed by atoms with Crippen LogP contribution in [-0.2, 0) is 11.2 Å². The van der Waals surface area contributed by atoms with Crippen LogP contribution in [0.25, 0.3) is 0 Å². The normalized spacial score (nSPS) is 10.2. The standard InChI is InChI=1S/C11H14N6O2/c1-19-9-4-2-7(6-8(9)12)3-5-10(18)13-11-14-16-17-15-11/h2,4,6H,3,5,12H2,1H3,(H2,13,14,15,16,17,18). The van der Waals surface area contributed by atoms with Crippen LogP contribution in [0.5, 0.6) is 5.75 Å². The van der Waals surface area contributed by atoms with Gasteiger partial charge in [-0.2, -0.15) is 5.21 Å². The number of hydrogen-bond donors (Lipinski definition) is 3. The van der Waals surface area contributed by atoms with Crippen molar-refractivity contribution in [1.82, 2.24) is 20.6 Å². The molecule has 1 amide bonds. The van der Waals surface area contributed by atoms with E-state index < -0.39 is 0 Å². The molecule has 0 aliphatic rings. The van der Waals surface area contributed by atoms with Crippen LogP contribution < -0.4 is 15.8 Å². The largest absolute Gasteiger partial charge is 0.495 e. The van der Waals surface area contributed by atoms with Crippen LogP contribution >= 0.6 is 0 Å². The van der Waals surface area contributed by atoms with Gasteiger partial charge in [0.05, 0.1) is 12.8 Å². The van der Waals surface area contributed by atoms with E-state index >= 15 is 0 Å². The Bertz CT molecular complexity index is 554. The topological polar surface area (TPSA) is 119 Å². The number of nitrogens with zero attached hydrogens (tertiary/aromatic N) is 3. The van der Waals surface area contributed by atoms with Crippen molar-refractivity contribution in [1.29, 1.82) is 0 Å². The number of anilines is 2. The lowest BCUT2D eigenvalue weighted by molar-refractivity contribution is -0.116. The zero-order chi connectivity index (χ0) is 13.7. The Hall–Kier alpha value is -2.64. The zero-order valence-electron chi connectivity index (χ0n) is 10.4. The van der Waals surface area contributed by atoms with Crippen molar-refractivity contribution in [3.63, 3.8) is 0 Å². The Kier molecular flexibility index (Phi) is 3.91. The van der Waals surface area contributed by atoms with Gasteiger partial charge in [-0.25, -0.2) is 0 Å². The molecule has 100 valence electrons. The Morgan fingerprint density at radius 1 is 1.53 bits per heavy atom. The highest BCUT2D eigenvalue weighted by Gasteiger charge is 2.07. The fraction of sp³-hybridized carbons (Fsp3) is 0.273. The highest BCUT2D eigenvalue weighted by molar-refractivity contribution is 5.88. The number of aryl methyl sites for hydroxylation is 1. The summed E-state index contributed by atoms with van der Waals surface area (Å²) in [4.78, 5) is 11.6. The number of hydrogen-bond acceptors (Lipinski definition) is 6. The summed E-state index contributed by atoms with van der Waals surface area (Å²) in [6, 6.07) is 5.44. The summed E-state index contributed by atoms with van der Waals surface area (Å²) >= 11 is 0. The highest BCUT2D eigenvalue weighted by Crippen LogP contribution is 2.22. The number of aromatic amines is 1. The monoisotopic (exact) mass is 262 g/mol. The molecular weight excluding hydrogens is 248 g/mol. The molecule has 19 heavy (non-hydrogen) atoms. The van der Waals surface area contributed by atoms with E-state index in [2.05, 4.69) is 25.9 Å². The Morgan fingerprint density at radius 3 is 3.00 bits per heavy atom. The average Bonchev–Trinajstić information content (AvgIpc) is 2.89. The lowest BCUT2D eigenvalue weighted by Crippen LogP contribution is -2.13. The summed E-state index contributed by atoms with van der Waals surface area (Å²) in [7, 11) is 1.56. The second-order valence-corrected chi connectivity index (χ2v) is 3.86. The van der Waals surface area contributed by atoms with Crippen molar-refractivity contribution in [2.45, 2.75) is 12.8 Å². The summed E-state index contributed by atoms with van der Waals surface area (Å²) in [5.41, 5.74) is 7.30. The number of nitrogen functional groups attached to an aromatic ring is 1. The molecular formula is C11H14N6O2. The molecule has 8 heteroatoms. The van der Waals surface area contributed by atoms with E-state index in [0.717, 1.165) is 5.56 Å². The quantitative estimate of drug-likeness (QED) is 0.669. The minimum absolute atomic E-state index is 0.166. The van der Waals surface area contributed by atoms with Crippen LogP contribution in [0.1, 0.15) is 12.0 Å². The van der Waals surface area contributed by atoms with Gasteiger partial charge in [0.25, 0.3) is 5.95 Å². The molecule has 0 unspecified atom stereocenters. The van der Waals surface area contributed by atoms with Gasteiger partial charge in [0.1, 0.15) is 5.75 Å². The molecule has 1 aromatic heterocycles. The van der Waals surface area contributed by atoms with Gasteiger partial charge in [0.2, 0.25) is 5.91 Å². The van der Waals surface area contributed by atoms with Crippen molar-refractivity contribution < 1.29 is 9.53 Å². The second-order valence-electron chi connectivity index (χ2n) is 3.86. The molecule has 0 radical (unpaired) electrons. The summed E-state index contributed by atoms with van der Waals surface area (Å²) in [5, 5.41) is 15.4. The van der Waals surface area contributed by atoms with Gasteiger partial charge in [-0.15, -0.1) is 5.10 Å². The number of carbonyl (C=O) groups excluding carboxylic acids is 1.